The summed E-state index contributed by atoms with van der Waals surface area (Å²) in [5, 5.41) is 3.41. The van der Waals surface area contributed by atoms with Gasteiger partial charge in [0.05, 0.1) is 5.56 Å². The molecule has 0 bridgehead atoms. The van der Waals surface area contributed by atoms with Crippen molar-refractivity contribution in [3.8, 4) is 5.75 Å². The number of amides is 1. The summed E-state index contributed by atoms with van der Waals surface area (Å²) in [4.78, 5) is 16.3. The third kappa shape index (κ3) is 5.07. The Morgan fingerprint density at radius 3 is 2.65 bits per heavy atom. The van der Waals surface area contributed by atoms with Gasteiger partial charge < -0.3 is 10.1 Å². The minimum atomic E-state index is -0.184. The van der Waals surface area contributed by atoms with Gasteiger partial charge in [0.1, 0.15) is 12.4 Å². The number of nitrogens with one attached hydrogen (secondary N) is 1. The highest BCUT2D eigenvalue weighted by atomic mass is 79.9. The van der Waals surface area contributed by atoms with Gasteiger partial charge >= 0.3 is 0 Å². The fraction of sp³-hybridized carbons (Fsp3) is 0.100. The van der Waals surface area contributed by atoms with Gasteiger partial charge in [0.25, 0.3) is 5.91 Å². The second kappa shape index (κ2) is 8.83. The Morgan fingerprint density at radius 2 is 1.92 bits per heavy atom. The molecule has 0 saturated heterocycles. The predicted molar refractivity (Wildman–Crippen MR) is 105 cm³/mol. The van der Waals surface area contributed by atoms with Crippen LogP contribution in [0.4, 0.5) is 0 Å². The molecule has 0 aliphatic carbocycles. The number of benzene rings is 2. The zero-order valence-electron chi connectivity index (χ0n) is 13.8. The summed E-state index contributed by atoms with van der Waals surface area (Å²) >= 11 is 9.31. The number of aromatic nitrogens is 1. The third-order valence-corrected chi connectivity index (χ3v) is 4.60. The van der Waals surface area contributed by atoms with Gasteiger partial charge in [0.2, 0.25) is 0 Å². The van der Waals surface area contributed by atoms with E-state index in [0.717, 1.165) is 16.9 Å². The topological polar surface area (TPSA) is 51.2 Å². The SMILES string of the molecule is O=C(NCc1ccc(OCc2cccnc2)cc1)c1cc(Cl)ccc1Br. The molecule has 3 aromatic rings. The average Bonchev–Trinajstić information content (AvgIpc) is 2.68. The monoisotopic (exact) mass is 430 g/mol. The number of hydrogen-bond acceptors (Lipinski definition) is 3. The summed E-state index contributed by atoms with van der Waals surface area (Å²) in [7, 11) is 0. The molecular weight excluding hydrogens is 416 g/mol. The molecule has 0 aliphatic heterocycles. The number of ether oxygens (including phenoxy) is 1. The van der Waals surface area contributed by atoms with Crippen LogP contribution in [0.3, 0.4) is 0 Å². The molecule has 6 heteroatoms. The Hall–Kier alpha value is -2.37. The highest BCUT2D eigenvalue weighted by molar-refractivity contribution is 9.10. The minimum Gasteiger partial charge on any atom is -0.489 e. The lowest BCUT2D eigenvalue weighted by Crippen LogP contribution is -2.23. The largest absolute Gasteiger partial charge is 0.489 e. The summed E-state index contributed by atoms with van der Waals surface area (Å²) < 4.78 is 6.43. The van der Waals surface area contributed by atoms with Crippen molar-refractivity contribution in [2.24, 2.45) is 0 Å². The van der Waals surface area contributed by atoms with E-state index in [1.807, 2.05) is 36.4 Å². The lowest BCUT2D eigenvalue weighted by molar-refractivity contribution is 0.0950. The van der Waals surface area contributed by atoms with Crippen LogP contribution in [-0.4, -0.2) is 10.9 Å². The molecule has 0 radical (unpaired) electrons. The van der Waals surface area contributed by atoms with Gasteiger partial charge in [-0.2, -0.15) is 0 Å². The molecule has 0 spiro atoms. The Bertz CT molecular complexity index is 886. The minimum absolute atomic E-state index is 0.184. The molecule has 0 atom stereocenters. The van der Waals surface area contributed by atoms with Gasteiger partial charge in [-0.15, -0.1) is 0 Å². The molecule has 1 aromatic heterocycles. The number of rotatable bonds is 6. The van der Waals surface area contributed by atoms with Crippen molar-refractivity contribution >= 4 is 33.4 Å². The first kappa shape index (κ1) is 18.4. The van der Waals surface area contributed by atoms with Crippen molar-refractivity contribution in [3.63, 3.8) is 0 Å². The summed E-state index contributed by atoms with van der Waals surface area (Å²) in [5.74, 6) is 0.581. The van der Waals surface area contributed by atoms with Crippen molar-refractivity contribution < 1.29 is 9.53 Å². The maximum Gasteiger partial charge on any atom is 0.252 e. The Morgan fingerprint density at radius 1 is 1.12 bits per heavy atom. The third-order valence-electron chi connectivity index (χ3n) is 3.68. The van der Waals surface area contributed by atoms with E-state index in [4.69, 9.17) is 16.3 Å². The second-order valence-corrected chi connectivity index (χ2v) is 6.89. The van der Waals surface area contributed by atoms with Crippen molar-refractivity contribution in [1.82, 2.24) is 10.3 Å². The highest BCUT2D eigenvalue weighted by Gasteiger charge is 2.10. The van der Waals surface area contributed by atoms with Crippen LogP contribution in [0.2, 0.25) is 5.02 Å². The molecule has 2 aromatic carbocycles. The van der Waals surface area contributed by atoms with Crippen LogP contribution in [0, 0.1) is 0 Å². The summed E-state index contributed by atoms with van der Waals surface area (Å²) in [6.45, 7) is 0.882. The van der Waals surface area contributed by atoms with Gasteiger partial charge in [0, 0.05) is 34.0 Å². The van der Waals surface area contributed by atoms with E-state index in [-0.39, 0.29) is 5.91 Å². The maximum atomic E-state index is 12.3. The summed E-state index contributed by atoms with van der Waals surface area (Å²) in [6.07, 6.45) is 3.51. The number of pyridine rings is 1. The molecule has 1 heterocycles. The van der Waals surface area contributed by atoms with E-state index < -0.39 is 0 Å². The molecule has 0 saturated carbocycles. The first-order valence-electron chi connectivity index (χ1n) is 7.96. The van der Waals surface area contributed by atoms with Crippen LogP contribution in [0.25, 0.3) is 0 Å². The zero-order valence-corrected chi connectivity index (χ0v) is 16.1. The lowest BCUT2D eigenvalue weighted by Gasteiger charge is -2.09. The molecule has 1 N–H and O–H groups in total. The van der Waals surface area contributed by atoms with Crippen molar-refractivity contribution in [1.29, 1.82) is 0 Å². The molecule has 1 amide bonds. The van der Waals surface area contributed by atoms with E-state index >= 15 is 0 Å². The maximum absolute atomic E-state index is 12.3. The normalized spacial score (nSPS) is 10.4. The number of carbonyl (C=O) groups excluding carboxylic acids is 1. The van der Waals surface area contributed by atoms with Crippen molar-refractivity contribution in [2.75, 3.05) is 0 Å². The van der Waals surface area contributed by atoms with E-state index in [0.29, 0.717) is 28.2 Å². The van der Waals surface area contributed by atoms with Crippen LogP contribution in [0.15, 0.2) is 71.5 Å². The molecule has 0 fully saturated rings. The molecule has 132 valence electrons. The number of hydrogen-bond donors (Lipinski definition) is 1. The molecule has 26 heavy (non-hydrogen) atoms. The quantitative estimate of drug-likeness (QED) is 0.597. The van der Waals surface area contributed by atoms with Gasteiger partial charge in [-0.1, -0.05) is 29.8 Å². The van der Waals surface area contributed by atoms with E-state index in [1.54, 1.807) is 30.6 Å². The van der Waals surface area contributed by atoms with Crippen LogP contribution in [0.5, 0.6) is 5.75 Å². The van der Waals surface area contributed by atoms with E-state index in [2.05, 4.69) is 26.2 Å². The van der Waals surface area contributed by atoms with Gasteiger partial charge in [-0.05, 0) is 57.9 Å². The van der Waals surface area contributed by atoms with Crippen LogP contribution < -0.4 is 10.1 Å². The van der Waals surface area contributed by atoms with Crippen molar-refractivity contribution in [2.45, 2.75) is 13.2 Å². The molecule has 4 nitrogen and oxygen atoms in total. The van der Waals surface area contributed by atoms with Crippen LogP contribution in [-0.2, 0) is 13.2 Å². The number of halogens is 2. The van der Waals surface area contributed by atoms with E-state index in [9.17, 15) is 4.79 Å². The van der Waals surface area contributed by atoms with Crippen molar-refractivity contribution in [3.05, 3.63) is 93.2 Å². The van der Waals surface area contributed by atoms with Gasteiger partial charge in [-0.25, -0.2) is 0 Å². The van der Waals surface area contributed by atoms with Crippen LogP contribution >= 0.6 is 27.5 Å². The Labute approximate surface area is 165 Å². The lowest BCUT2D eigenvalue weighted by atomic mass is 10.2. The van der Waals surface area contributed by atoms with Crippen LogP contribution in [0.1, 0.15) is 21.5 Å². The van der Waals surface area contributed by atoms with Gasteiger partial charge in [0.15, 0.2) is 0 Å². The predicted octanol–water partition coefficient (Wildman–Crippen LogP) is 5.01. The zero-order chi connectivity index (χ0) is 18.4. The summed E-state index contributed by atoms with van der Waals surface area (Å²) in [5.41, 5.74) is 2.50. The average molecular weight is 432 g/mol. The molecule has 3 rings (SSSR count). The fourth-order valence-corrected chi connectivity index (χ4v) is 2.90. The fourth-order valence-electron chi connectivity index (χ4n) is 2.30. The van der Waals surface area contributed by atoms with Gasteiger partial charge in [-0.3, -0.25) is 9.78 Å². The Balaban J connectivity index is 1.54. The molecular formula is C20H16BrClN2O2. The van der Waals surface area contributed by atoms with E-state index in [1.165, 1.54) is 0 Å². The standard InChI is InChI=1S/C20H16BrClN2O2/c21-19-8-5-16(22)10-18(19)20(25)24-12-14-3-6-17(7-4-14)26-13-15-2-1-9-23-11-15/h1-11H,12-13H2,(H,24,25). The number of carbonyl (C=O) groups is 1. The highest BCUT2D eigenvalue weighted by Crippen LogP contribution is 2.21. The number of nitrogens with zero attached hydrogens (tertiary/aromatic N) is 1. The first-order valence-corrected chi connectivity index (χ1v) is 9.13. The second-order valence-electron chi connectivity index (χ2n) is 5.60. The summed E-state index contributed by atoms with van der Waals surface area (Å²) in [6, 6.07) is 16.6. The Kier molecular flexibility index (Phi) is 6.26. The molecule has 0 unspecified atom stereocenters. The smallest absolute Gasteiger partial charge is 0.252 e. The first-order chi connectivity index (χ1) is 12.6. The molecule has 0 aliphatic rings.